The van der Waals surface area contributed by atoms with E-state index < -0.39 is 0 Å². The van der Waals surface area contributed by atoms with Gasteiger partial charge in [-0.05, 0) is 44.5 Å². The van der Waals surface area contributed by atoms with Gasteiger partial charge in [-0.15, -0.1) is 0 Å². The zero-order valence-electron chi connectivity index (χ0n) is 16.7. The van der Waals surface area contributed by atoms with Crippen LogP contribution < -0.4 is 15.1 Å². The van der Waals surface area contributed by atoms with Crippen LogP contribution in [0.25, 0.3) is 5.57 Å². The van der Waals surface area contributed by atoms with Crippen molar-refractivity contribution in [3.63, 3.8) is 0 Å². The Kier molecular flexibility index (Phi) is 5.47. The number of ether oxygens (including phenoxy) is 1. The van der Waals surface area contributed by atoms with Gasteiger partial charge < -0.3 is 9.64 Å². The number of halogens is 1. The Bertz CT molecular complexity index is 980. The Morgan fingerprint density at radius 2 is 2.00 bits per heavy atom. The number of fused-ring (bicyclic) bond motifs is 1. The van der Waals surface area contributed by atoms with E-state index in [0.717, 1.165) is 16.8 Å². The second kappa shape index (κ2) is 7.68. The molecule has 0 aromatic heterocycles. The van der Waals surface area contributed by atoms with Crippen LogP contribution in [0.5, 0.6) is 5.75 Å². The minimum atomic E-state index is -0.365. The predicted molar refractivity (Wildman–Crippen MR) is 116 cm³/mol. The van der Waals surface area contributed by atoms with Crippen LogP contribution in [0, 0.1) is 0 Å². The Labute approximate surface area is 170 Å². The van der Waals surface area contributed by atoms with Gasteiger partial charge in [0.2, 0.25) is 0 Å². The van der Waals surface area contributed by atoms with Gasteiger partial charge in [-0.2, -0.15) is 5.10 Å². The lowest BCUT2D eigenvalue weighted by Crippen LogP contribution is -2.42. The largest absolute Gasteiger partial charge is 0.496 e. The van der Waals surface area contributed by atoms with Crippen LogP contribution >= 0.6 is 11.6 Å². The highest BCUT2D eigenvalue weighted by Gasteiger charge is 2.29. The number of hydrogen-bond donors (Lipinski definition) is 1. The van der Waals surface area contributed by atoms with Crippen molar-refractivity contribution >= 4 is 35.0 Å². The van der Waals surface area contributed by atoms with Crippen LogP contribution in [0.3, 0.4) is 0 Å². The molecule has 1 heterocycles. The summed E-state index contributed by atoms with van der Waals surface area (Å²) in [5.74, 6) is 0.322. The normalized spacial score (nSPS) is 15.2. The van der Waals surface area contributed by atoms with Crippen molar-refractivity contribution in [3.05, 3.63) is 64.2 Å². The average molecular weight is 398 g/mol. The molecular formula is C22H24ClN3O2. The standard InChI is InChI=1S/C22H24ClN3O2/c1-14-12-22(2,3)26(4)19-11-20(28-5)15(10-17(14)19)13-24-25-21(27)16-8-6-7-9-18(16)23/h6-13H,1-5H3,(H,25,27)/b24-13-. The van der Waals surface area contributed by atoms with E-state index in [0.29, 0.717) is 16.3 Å². The summed E-state index contributed by atoms with van der Waals surface area (Å²) in [4.78, 5) is 14.5. The predicted octanol–water partition coefficient (Wildman–Crippen LogP) is 4.74. The number of allylic oxidation sites excluding steroid dienone is 1. The lowest BCUT2D eigenvalue weighted by Gasteiger charge is -2.40. The van der Waals surface area contributed by atoms with E-state index in [2.05, 4.69) is 49.3 Å². The number of nitrogens with zero attached hydrogens (tertiary/aromatic N) is 2. The van der Waals surface area contributed by atoms with E-state index >= 15 is 0 Å². The Hall–Kier alpha value is -2.79. The summed E-state index contributed by atoms with van der Waals surface area (Å²) in [5, 5.41) is 4.48. The van der Waals surface area contributed by atoms with Gasteiger partial charge in [0, 0.05) is 29.9 Å². The van der Waals surface area contributed by atoms with Gasteiger partial charge in [-0.3, -0.25) is 4.79 Å². The van der Waals surface area contributed by atoms with E-state index in [-0.39, 0.29) is 11.4 Å². The van der Waals surface area contributed by atoms with E-state index in [4.69, 9.17) is 16.3 Å². The number of methoxy groups -OCH3 is 1. The number of hydrogen-bond acceptors (Lipinski definition) is 4. The summed E-state index contributed by atoms with van der Waals surface area (Å²) >= 11 is 6.05. The highest BCUT2D eigenvalue weighted by Crippen LogP contribution is 2.40. The number of hydrazone groups is 1. The van der Waals surface area contributed by atoms with E-state index in [1.807, 2.05) is 12.1 Å². The highest BCUT2D eigenvalue weighted by molar-refractivity contribution is 6.33. The molecule has 146 valence electrons. The molecule has 0 fully saturated rings. The summed E-state index contributed by atoms with van der Waals surface area (Å²) in [6.45, 7) is 6.44. The molecule has 2 aromatic rings. The third-order valence-corrected chi connectivity index (χ3v) is 5.39. The third kappa shape index (κ3) is 3.76. The maximum absolute atomic E-state index is 12.3. The van der Waals surface area contributed by atoms with Crippen molar-refractivity contribution in [1.82, 2.24) is 5.43 Å². The van der Waals surface area contributed by atoms with Crippen molar-refractivity contribution in [3.8, 4) is 5.75 Å². The summed E-state index contributed by atoms with van der Waals surface area (Å²) in [6, 6.07) is 10.9. The van der Waals surface area contributed by atoms with Crippen molar-refractivity contribution < 1.29 is 9.53 Å². The Morgan fingerprint density at radius 1 is 1.29 bits per heavy atom. The first kappa shape index (κ1) is 20.0. The molecule has 1 N–H and O–H groups in total. The second-order valence-corrected chi connectivity index (χ2v) is 7.74. The molecule has 0 atom stereocenters. The fourth-order valence-corrected chi connectivity index (χ4v) is 3.56. The van der Waals surface area contributed by atoms with Crippen LogP contribution in [-0.4, -0.2) is 31.8 Å². The Balaban J connectivity index is 1.89. The zero-order chi connectivity index (χ0) is 20.5. The quantitative estimate of drug-likeness (QED) is 0.598. The van der Waals surface area contributed by atoms with Gasteiger partial charge in [-0.1, -0.05) is 29.8 Å². The fraction of sp³-hybridized carbons (Fsp3) is 0.273. The summed E-state index contributed by atoms with van der Waals surface area (Å²) in [6.07, 6.45) is 3.82. The number of anilines is 1. The molecule has 0 saturated heterocycles. The molecule has 3 rings (SSSR count). The SMILES string of the molecule is COc1cc2c(cc1/C=N\NC(=O)c1ccccc1Cl)C(C)=CC(C)(C)N2C. The van der Waals surface area contributed by atoms with E-state index in [1.165, 1.54) is 5.57 Å². The molecule has 1 aliphatic heterocycles. The van der Waals surface area contributed by atoms with Gasteiger partial charge in [0.1, 0.15) is 5.75 Å². The minimum absolute atomic E-state index is 0.0827. The molecule has 0 saturated carbocycles. The lowest BCUT2D eigenvalue weighted by atomic mass is 9.88. The Morgan fingerprint density at radius 3 is 2.68 bits per heavy atom. The number of likely N-dealkylation sites (N-methyl/N-ethyl adjacent to an activating group) is 1. The number of carbonyl (C=O) groups excluding carboxylic acids is 1. The zero-order valence-corrected chi connectivity index (χ0v) is 17.5. The van der Waals surface area contributed by atoms with E-state index in [1.54, 1.807) is 37.6 Å². The number of nitrogens with one attached hydrogen (secondary N) is 1. The highest BCUT2D eigenvalue weighted by atomic mass is 35.5. The molecular weight excluding hydrogens is 374 g/mol. The maximum atomic E-state index is 12.3. The second-order valence-electron chi connectivity index (χ2n) is 7.33. The van der Waals surface area contributed by atoms with Gasteiger partial charge in [0.05, 0.1) is 29.4 Å². The van der Waals surface area contributed by atoms with Crippen LogP contribution in [0.15, 0.2) is 47.6 Å². The van der Waals surface area contributed by atoms with Crippen LogP contribution in [-0.2, 0) is 0 Å². The van der Waals surface area contributed by atoms with Crippen LogP contribution in [0.4, 0.5) is 5.69 Å². The molecule has 2 aromatic carbocycles. The average Bonchev–Trinajstić information content (AvgIpc) is 2.65. The first-order valence-corrected chi connectivity index (χ1v) is 9.36. The number of benzene rings is 2. The fourth-order valence-electron chi connectivity index (χ4n) is 3.34. The topological polar surface area (TPSA) is 53.9 Å². The molecule has 5 nitrogen and oxygen atoms in total. The summed E-state index contributed by atoms with van der Waals surface area (Å²) in [5.41, 5.74) is 6.99. The first-order valence-electron chi connectivity index (χ1n) is 8.98. The molecule has 1 amide bonds. The van der Waals surface area contributed by atoms with Gasteiger partial charge in [-0.25, -0.2) is 5.43 Å². The molecule has 0 radical (unpaired) electrons. The van der Waals surface area contributed by atoms with Gasteiger partial charge in [0.25, 0.3) is 5.91 Å². The molecule has 0 spiro atoms. The molecule has 6 heteroatoms. The molecule has 28 heavy (non-hydrogen) atoms. The minimum Gasteiger partial charge on any atom is -0.496 e. The van der Waals surface area contributed by atoms with Gasteiger partial charge >= 0.3 is 0 Å². The monoisotopic (exact) mass is 397 g/mol. The first-order chi connectivity index (χ1) is 13.2. The molecule has 0 aliphatic carbocycles. The number of amides is 1. The van der Waals surface area contributed by atoms with Crippen molar-refractivity contribution in [1.29, 1.82) is 0 Å². The molecule has 0 unspecified atom stereocenters. The number of carbonyl (C=O) groups is 1. The van der Waals surface area contributed by atoms with Gasteiger partial charge in [0.15, 0.2) is 0 Å². The van der Waals surface area contributed by atoms with Crippen LogP contribution in [0.1, 0.15) is 42.3 Å². The van der Waals surface area contributed by atoms with E-state index in [9.17, 15) is 4.79 Å². The third-order valence-electron chi connectivity index (χ3n) is 5.06. The molecule has 0 bridgehead atoms. The molecule has 1 aliphatic rings. The van der Waals surface area contributed by atoms with Crippen molar-refractivity contribution in [2.75, 3.05) is 19.1 Å². The lowest BCUT2D eigenvalue weighted by molar-refractivity contribution is 0.0955. The van der Waals surface area contributed by atoms with Crippen LogP contribution in [0.2, 0.25) is 5.02 Å². The summed E-state index contributed by atoms with van der Waals surface area (Å²) < 4.78 is 5.55. The van der Waals surface area contributed by atoms with Crippen molar-refractivity contribution in [2.24, 2.45) is 5.10 Å². The summed E-state index contributed by atoms with van der Waals surface area (Å²) in [7, 11) is 3.69. The smallest absolute Gasteiger partial charge is 0.272 e. The van der Waals surface area contributed by atoms with Crippen molar-refractivity contribution in [2.45, 2.75) is 26.3 Å². The maximum Gasteiger partial charge on any atom is 0.272 e. The number of rotatable bonds is 4.